The monoisotopic (exact) mass is 451 g/mol. The van der Waals surface area contributed by atoms with E-state index < -0.39 is 17.6 Å². The van der Waals surface area contributed by atoms with Crippen LogP contribution in [0.3, 0.4) is 0 Å². The Hall–Kier alpha value is -3.17. The number of fused-ring (bicyclic) bond motifs is 1. The molecule has 0 radical (unpaired) electrons. The van der Waals surface area contributed by atoms with Crippen LogP contribution in [-0.4, -0.2) is 21.0 Å². The largest absolute Gasteiger partial charge is 0.506 e. The summed E-state index contributed by atoms with van der Waals surface area (Å²) in [5.41, 5.74) is 0.644. The number of amides is 1. The Labute approximate surface area is 178 Å². The molecule has 2 aromatic heterocycles. The molecule has 30 heavy (non-hydrogen) atoms. The molecule has 0 spiro atoms. The minimum absolute atomic E-state index is 0. The lowest BCUT2D eigenvalue weighted by Crippen LogP contribution is -2.12. The lowest BCUT2D eigenvalue weighted by atomic mass is 10.0. The number of aromatic hydroxyl groups is 1. The number of hydrogen-bond donors (Lipinski definition) is 2. The number of benzene rings is 2. The lowest BCUT2D eigenvalue weighted by Gasteiger charge is -2.09. The van der Waals surface area contributed by atoms with Gasteiger partial charge in [0, 0.05) is 23.5 Å². The van der Waals surface area contributed by atoms with E-state index in [0.29, 0.717) is 21.3 Å². The van der Waals surface area contributed by atoms with E-state index in [1.807, 2.05) is 0 Å². The summed E-state index contributed by atoms with van der Waals surface area (Å²) >= 11 is 0.922. The van der Waals surface area contributed by atoms with Crippen LogP contribution in [0.25, 0.3) is 21.3 Å². The number of para-hydroxylation sites is 1. The average molecular weight is 452 g/mol. The van der Waals surface area contributed by atoms with Crippen molar-refractivity contribution in [2.75, 3.05) is 5.32 Å². The van der Waals surface area contributed by atoms with Crippen molar-refractivity contribution in [3.63, 3.8) is 0 Å². The first-order chi connectivity index (χ1) is 13.8. The number of phenolic OH excluding ortho intramolecular Hbond substituents is 1. The van der Waals surface area contributed by atoms with Gasteiger partial charge in [0.2, 0.25) is 0 Å². The van der Waals surface area contributed by atoms with Crippen molar-refractivity contribution in [2.45, 2.75) is 6.18 Å². The average Bonchev–Trinajstić information content (AvgIpc) is 3.09. The van der Waals surface area contributed by atoms with Crippen molar-refractivity contribution in [2.24, 2.45) is 0 Å². The second kappa shape index (κ2) is 8.29. The molecule has 154 valence electrons. The molecule has 0 aliphatic heterocycles. The Morgan fingerprint density at radius 3 is 2.60 bits per heavy atom. The predicted octanol–water partition coefficient (Wildman–Crippen LogP) is 5.76. The fraction of sp³-hybridized carbons (Fsp3) is 0.0500. The summed E-state index contributed by atoms with van der Waals surface area (Å²) < 4.78 is 38.9. The molecule has 1 amide bonds. The minimum Gasteiger partial charge on any atom is -0.506 e. The highest BCUT2D eigenvalue weighted by atomic mass is 35.5. The SMILES string of the molecule is Cl.O=C(Nc1nc2ccc(C(F)(F)F)cc2s1)c1cccc(-c2cccnc2)c1O. The second-order valence-electron chi connectivity index (χ2n) is 6.10. The number of phenols is 1. The van der Waals surface area contributed by atoms with Gasteiger partial charge >= 0.3 is 6.18 Å². The quantitative estimate of drug-likeness (QED) is 0.415. The standard InChI is InChI=1S/C20H12F3N3O2S.ClH/c21-20(22,23)12-6-7-15-16(9-12)29-19(25-15)26-18(28)14-5-1-4-13(17(14)27)11-3-2-8-24-10-11;/h1-10,27H,(H,25,26,28);1H. The van der Waals surface area contributed by atoms with E-state index in [4.69, 9.17) is 0 Å². The molecule has 0 unspecified atom stereocenters. The molecule has 4 rings (SSSR count). The Morgan fingerprint density at radius 1 is 1.10 bits per heavy atom. The van der Waals surface area contributed by atoms with Crippen molar-refractivity contribution in [3.8, 4) is 16.9 Å². The molecule has 0 saturated heterocycles. The van der Waals surface area contributed by atoms with Gasteiger partial charge in [-0.15, -0.1) is 12.4 Å². The van der Waals surface area contributed by atoms with Crippen LogP contribution in [0.1, 0.15) is 15.9 Å². The maximum Gasteiger partial charge on any atom is 0.416 e. The van der Waals surface area contributed by atoms with Crippen molar-refractivity contribution >= 4 is 45.0 Å². The van der Waals surface area contributed by atoms with Crippen molar-refractivity contribution in [1.29, 1.82) is 0 Å². The fourth-order valence-corrected chi connectivity index (χ4v) is 3.70. The second-order valence-corrected chi connectivity index (χ2v) is 7.13. The van der Waals surface area contributed by atoms with Gasteiger partial charge in [-0.1, -0.05) is 29.5 Å². The van der Waals surface area contributed by atoms with Crippen LogP contribution in [0.15, 0.2) is 60.9 Å². The van der Waals surface area contributed by atoms with E-state index in [1.165, 1.54) is 12.1 Å². The Bertz CT molecular complexity index is 1210. The number of pyridine rings is 1. The van der Waals surface area contributed by atoms with Gasteiger partial charge in [0.15, 0.2) is 5.13 Å². The van der Waals surface area contributed by atoms with Gasteiger partial charge in [-0.05, 0) is 30.3 Å². The van der Waals surface area contributed by atoms with Gasteiger partial charge in [0.1, 0.15) is 5.75 Å². The van der Waals surface area contributed by atoms with Crippen LogP contribution < -0.4 is 5.32 Å². The van der Waals surface area contributed by atoms with E-state index in [-0.39, 0.29) is 28.9 Å². The van der Waals surface area contributed by atoms with Crippen molar-refractivity contribution in [3.05, 3.63) is 72.1 Å². The number of carbonyl (C=O) groups excluding carboxylic acids is 1. The van der Waals surface area contributed by atoms with Crippen LogP contribution in [0.4, 0.5) is 18.3 Å². The third-order valence-corrected chi connectivity index (χ3v) is 5.12. The molecular weight excluding hydrogens is 439 g/mol. The number of halogens is 4. The number of nitrogens with one attached hydrogen (secondary N) is 1. The number of aromatic nitrogens is 2. The number of carbonyl (C=O) groups is 1. The highest BCUT2D eigenvalue weighted by Crippen LogP contribution is 2.35. The zero-order valence-corrected chi connectivity index (χ0v) is 16.6. The van der Waals surface area contributed by atoms with Crippen molar-refractivity contribution in [1.82, 2.24) is 9.97 Å². The number of thiazole rings is 1. The Balaban J connectivity index is 0.00000256. The van der Waals surface area contributed by atoms with Crippen LogP contribution in [-0.2, 0) is 6.18 Å². The van der Waals surface area contributed by atoms with Gasteiger partial charge < -0.3 is 5.11 Å². The molecule has 0 atom stereocenters. The van der Waals surface area contributed by atoms with Crippen LogP contribution in [0, 0.1) is 0 Å². The van der Waals surface area contributed by atoms with Gasteiger partial charge in [-0.3, -0.25) is 15.1 Å². The summed E-state index contributed by atoms with van der Waals surface area (Å²) in [6.07, 6.45) is -1.31. The summed E-state index contributed by atoms with van der Waals surface area (Å²) in [6, 6.07) is 11.3. The third-order valence-electron chi connectivity index (χ3n) is 4.19. The maximum atomic E-state index is 12.9. The van der Waals surface area contributed by atoms with Crippen LogP contribution in [0.2, 0.25) is 0 Å². The normalized spacial score (nSPS) is 11.2. The molecule has 0 aliphatic carbocycles. The predicted molar refractivity (Wildman–Crippen MR) is 111 cm³/mol. The van der Waals surface area contributed by atoms with Crippen LogP contribution in [0.5, 0.6) is 5.75 Å². The summed E-state index contributed by atoms with van der Waals surface area (Å²) in [7, 11) is 0. The fourth-order valence-electron chi connectivity index (χ4n) is 2.80. The van der Waals surface area contributed by atoms with Gasteiger partial charge in [0.25, 0.3) is 5.91 Å². The van der Waals surface area contributed by atoms with Crippen LogP contribution >= 0.6 is 23.7 Å². The summed E-state index contributed by atoms with van der Waals surface area (Å²) in [5.74, 6) is -0.846. The maximum absolute atomic E-state index is 12.9. The number of rotatable bonds is 3. The highest BCUT2D eigenvalue weighted by molar-refractivity contribution is 7.22. The molecule has 10 heteroatoms. The number of anilines is 1. The highest BCUT2D eigenvalue weighted by Gasteiger charge is 2.30. The summed E-state index contributed by atoms with van der Waals surface area (Å²) in [4.78, 5) is 20.8. The zero-order chi connectivity index (χ0) is 20.6. The minimum atomic E-state index is -4.46. The Kier molecular flexibility index (Phi) is 5.95. The van der Waals surface area contributed by atoms with E-state index in [1.54, 1.807) is 36.7 Å². The van der Waals surface area contributed by atoms with E-state index in [9.17, 15) is 23.1 Å². The first kappa shape index (κ1) is 21.5. The lowest BCUT2D eigenvalue weighted by molar-refractivity contribution is -0.137. The zero-order valence-electron chi connectivity index (χ0n) is 15.0. The molecule has 4 aromatic rings. The first-order valence-corrected chi connectivity index (χ1v) is 9.16. The first-order valence-electron chi connectivity index (χ1n) is 8.34. The van der Waals surface area contributed by atoms with E-state index in [2.05, 4.69) is 15.3 Å². The molecule has 2 heterocycles. The molecule has 0 bridgehead atoms. The van der Waals surface area contributed by atoms with Gasteiger partial charge in [-0.2, -0.15) is 13.2 Å². The molecule has 0 fully saturated rings. The molecule has 0 aliphatic rings. The molecule has 2 aromatic carbocycles. The number of nitrogens with zero attached hydrogens (tertiary/aromatic N) is 2. The topological polar surface area (TPSA) is 75.1 Å². The molecule has 2 N–H and O–H groups in total. The van der Waals surface area contributed by atoms with Gasteiger partial charge in [0.05, 0.1) is 21.3 Å². The third kappa shape index (κ3) is 4.22. The molecule has 0 saturated carbocycles. The van der Waals surface area contributed by atoms with E-state index in [0.717, 1.165) is 23.5 Å². The van der Waals surface area contributed by atoms with Gasteiger partial charge in [-0.25, -0.2) is 4.98 Å². The van der Waals surface area contributed by atoms with Crippen molar-refractivity contribution < 1.29 is 23.1 Å². The van der Waals surface area contributed by atoms with E-state index >= 15 is 0 Å². The summed E-state index contributed by atoms with van der Waals surface area (Å²) in [5, 5.41) is 13.2. The molecule has 5 nitrogen and oxygen atoms in total. The number of alkyl halides is 3. The molecular formula is C20H13ClF3N3O2S. The summed E-state index contributed by atoms with van der Waals surface area (Å²) in [6.45, 7) is 0. The smallest absolute Gasteiger partial charge is 0.416 e. The Morgan fingerprint density at radius 2 is 1.90 bits per heavy atom. The number of hydrogen-bond acceptors (Lipinski definition) is 5.